The van der Waals surface area contributed by atoms with E-state index in [1.54, 1.807) is 32.4 Å². The van der Waals surface area contributed by atoms with Gasteiger partial charge in [0, 0.05) is 24.5 Å². The first-order valence-electron chi connectivity index (χ1n) is 8.51. The SMILES string of the molecule is COc1ccc(OC)c(NC(=O)CCc2nc(-c3ccccc3C)no2)c1. The largest absolute Gasteiger partial charge is 0.497 e. The fourth-order valence-corrected chi connectivity index (χ4v) is 2.63. The van der Waals surface area contributed by atoms with Crippen molar-refractivity contribution in [1.29, 1.82) is 0 Å². The molecule has 1 N–H and O–H groups in total. The number of aromatic nitrogens is 2. The van der Waals surface area contributed by atoms with Crippen molar-refractivity contribution in [3.8, 4) is 22.9 Å². The minimum atomic E-state index is -0.183. The second-order valence-electron chi connectivity index (χ2n) is 5.94. The third kappa shape index (κ3) is 4.44. The molecule has 1 heterocycles. The zero-order chi connectivity index (χ0) is 19.2. The summed E-state index contributed by atoms with van der Waals surface area (Å²) in [6.45, 7) is 1.99. The molecule has 0 bridgehead atoms. The minimum absolute atomic E-state index is 0.183. The molecule has 0 saturated heterocycles. The monoisotopic (exact) mass is 367 g/mol. The standard InChI is InChI=1S/C20H21N3O4/c1-13-6-4-5-7-15(13)20-22-19(27-23-20)11-10-18(24)21-16-12-14(25-2)8-9-17(16)26-3/h4-9,12H,10-11H2,1-3H3,(H,21,24). The van der Waals surface area contributed by atoms with Crippen LogP contribution in [0.2, 0.25) is 0 Å². The molecule has 140 valence electrons. The van der Waals surface area contributed by atoms with Gasteiger partial charge in [0.25, 0.3) is 0 Å². The number of hydrogen-bond donors (Lipinski definition) is 1. The second kappa shape index (κ2) is 8.35. The molecule has 3 rings (SSSR count). The lowest BCUT2D eigenvalue weighted by Gasteiger charge is -2.11. The molecule has 2 aromatic carbocycles. The second-order valence-corrected chi connectivity index (χ2v) is 5.94. The molecule has 27 heavy (non-hydrogen) atoms. The van der Waals surface area contributed by atoms with Crippen molar-refractivity contribution >= 4 is 11.6 Å². The summed E-state index contributed by atoms with van der Waals surface area (Å²) in [7, 11) is 3.11. The van der Waals surface area contributed by atoms with E-state index in [9.17, 15) is 4.79 Å². The molecule has 0 radical (unpaired) electrons. The molecule has 0 fully saturated rings. The van der Waals surface area contributed by atoms with Crippen LogP contribution in [0.25, 0.3) is 11.4 Å². The number of hydrogen-bond acceptors (Lipinski definition) is 6. The van der Waals surface area contributed by atoms with Gasteiger partial charge in [0.1, 0.15) is 11.5 Å². The molecule has 1 aromatic heterocycles. The average molecular weight is 367 g/mol. The minimum Gasteiger partial charge on any atom is -0.497 e. The summed E-state index contributed by atoms with van der Waals surface area (Å²) < 4.78 is 15.7. The lowest BCUT2D eigenvalue weighted by atomic mass is 10.1. The maximum atomic E-state index is 12.3. The smallest absolute Gasteiger partial charge is 0.227 e. The number of nitrogens with one attached hydrogen (secondary N) is 1. The van der Waals surface area contributed by atoms with Crippen LogP contribution in [0.4, 0.5) is 5.69 Å². The van der Waals surface area contributed by atoms with Crippen LogP contribution in [0.15, 0.2) is 47.0 Å². The third-order valence-electron chi connectivity index (χ3n) is 4.10. The highest BCUT2D eigenvalue weighted by molar-refractivity contribution is 5.92. The Labute approximate surface area is 157 Å². The maximum Gasteiger partial charge on any atom is 0.227 e. The van der Waals surface area contributed by atoms with Crippen LogP contribution in [0.3, 0.4) is 0 Å². The molecule has 0 aliphatic rings. The highest BCUT2D eigenvalue weighted by Gasteiger charge is 2.13. The molecule has 7 nitrogen and oxygen atoms in total. The average Bonchev–Trinajstić information content (AvgIpc) is 3.15. The molecule has 0 atom stereocenters. The summed E-state index contributed by atoms with van der Waals surface area (Å²) in [6.07, 6.45) is 0.548. The van der Waals surface area contributed by atoms with Gasteiger partial charge in [0.15, 0.2) is 0 Å². The highest BCUT2D eigenvalue weighted by atomic mass is 16.5. The van der Waals surface area contributed by atoms with Crippen LogP contribution in [-0.4, -0.2) is 30.3 Å². The van der Waals surface area contributed by atoms with Crippen molar-refractivity contribution in [2.75, 3.05) is 19.5 Å². The number of ether oxygens (including phenoxy) is 2. The van der Waals surface area contributed by atoms with E-state index in [0.717, 1.165) is 11.1 Å². The van der Waals surface area contributed by atoms with Gasteiger partial charge < -0.3 is 19.3 Å². The van der Waals surface area contributed by atoms with Gasteiger partial charge in [0.05, 0.1) is 19.9 Å². The fourth-order valence-electron chi connectivity index (χ4n) is 2.63. The fraction of sp³-hybridized carbons (Fsp3) is 0.250. The van der Waals surface area contributed by atoms with E-state index in [-0.39, 0.29) is 12.3 Å². The quantitative estimate of drug-likeness (QED) is 0.686. The zero-order valence-corrected chi connectivity index (χ0v) is 15.5. The lowest BCUT2D eigenvalue weighted by Crippen LogP contribution is -2.13. The lowest BCUT2D eigenvalue weighted by molar-refractivity contribution is -0.116. The summed E-state index contributed by atoms with van der Waals surface area (Å²) in [5.41, 5.74) is 2.53. The van der Waals surface area contributed by atoms with Crippen LogP contribution in [-0.2, 0) is 11.2 Å². The van der Waals surface area contributed by atoms with Gasteiger partial charge >= 0.3 is 0 Å². The number of aryl methyl sites for hydroxylation is 2. The molecule has 0 spiro atoms. The van der Waals surface area contributed by atoms with Crippen molar-refractivity contribution < 1.29 is 18.8 Å². The number of amides is 1. The number of benzene rings is 2. The van der Waals surface area contributed by atoms with Crippen LogP contribution in [0, 0.1) is 6.92 Å². The Morgan fingerprint density at radius 1 is 1.15 bits per heavy atom. The molecule has 3 aromatic rings. The first-order chi connectivity index (χ1) is 13.1. The topological polar surface area (TPSA) is 86.5 Å². The van der Waals surface area contributed by atoms with Crippen LogP contribution < -0.4 is 14.8 Å². The van der Waals surface area contributed by atoms with Crippen molar-refractivity contribution in [2.45, 2.75) is 19.8 Å². The van der Waals surface area contributed by atoms with Crippen molar-refractivity contribution in [3.63, 3.8) is 0 Å². The van der Waals surface area contributed by atoms with Gasteiger partial charge in [-0.1, -0.05) is 29.4 Å². The molecule has 0 saturated carbocycles. The van der Waals surface area contributed by atoms with Crippen molar-refractivity contribution in [2.24, 2.45) is 0 Å². The number of methoxy groups -OCH3 is 2. The summed E-state index contributed by atoms with van der Waals surface area (Å²) in [5.74, 6) is 1.95. The van der Waals surface area contributed by atoms with E-state index in [1.165, 1.54) is 0 Å². The Balaban J connectivity index is 1.63. The van der Waals surface area contributed by atoms with Crippen LogP contribution >= 0.6 is 0 Å². The summed E-state index contributed by atoms with van der Waals surface area (Å²) in [5, 5.41) is 6.83. The molecule has 0 aliphatic carbocycles. The molecule has 0 unspecified atom stereocenters. The van der Waals surface area contributed by atoms with E-state index in [4.69, 9.17) is 14.0 Å². The zero-order valence-electron chi connectivity index (χ0n) is 15.5. The predicted octanol–water partition coefficient (Wildman–Crippen LogP) is 3.63. The number of carbonyl (C=O) groups is 1. The molecular formula is C20H21N3O4. The van der Waals surface area contributed by atoms with Crippen LogP contribution in [0.5, 0.6) is 11.5 Å². The van der Waals surface area contributed by atoms with Gasteiger partial charge in [-0.05, 0) is 24.6 Å². The van der Waals surface area contributed by atoms with E-state index >= 15 is 0 Å². The Bertz CT molecular complexity index is 936. The first-order valence-corrected chi connectivity index (χ1v) is 8.51. The van der Waals surface area contributed by atoms with Crippen LogP contribution in [0.1, 0.15) is 17.9 Å². The Kier molecular flexibility index (Phi) is 5.71. The molecule has 7 heteroatoms. The summed E-state index contributed by atoms with van der Waals surface area (Å²) in [4.78, 5) is 16.7. The van der Waals surface area contributed by atoms with Gasteiger partial charge in [-0.2, -0.15) is 4.98 Å². The number of carbonyl (C=O) groups excluding carboxylic acids is 1. The summed E-state index contributed by atoms with van der Waals surface area (Å²) >= 11 is 0. The normalized spacial score (nSPS) is 10.5. The Morgan fingerprint density at radius 3 is 2.70 bits per heavy atom. The Morgan fingerprint density at radius 2 is 1.96 bits per heavy atom. The van der Waals surface area contributed by atoms with Gasteiger partial charge in [-0.15, -0.1) is 0 Å². The van der Waals surface area contributed by atoms with Crippen molar-refractivity contribution in [1.82, 2.24) is 10.1 Å². The Hall–Kier alpha value is -3.35. The third-order valence-corrected chi connectivity index (χ3v) is 4.10. The molecule has 0 aliphatic heterocycles. The summed E-state index contributed by atoms with van der Waals surface area (Å²) in [6, 6.07) is 13.0. The van der Waals surface area contributed by atoms with Crippen molar-refractivity contribution in [3.05, 3.63) is 53.9 Å². The first kappa shape index (κ1) is 18.4. The van der Waals surface area contributed by atoms with E-state index in [2.05, 4.69) is 15.5 Å². The molecular weight excluding hydrogens is 346 g/mol. The van der Waals surface area contributed by atoms with Gasteiger partial charge in [-0.3, -0.25) is 4.79 Å². The van der Waals surface area contributed by atoms with E-state index in [0.29, 0.717) is 35.3 Å². The maximum absolute atomic E-state index is 12.3. The number of rotatable bonds is 7. The number of anilines is 1. The van der Waals surface area contributed by atoms with Gasteiger partial charge in [0.2, 0.25) is 17.6 Å². The predicted molar refractivity (Wildman–Crippen MR) is 101 cm³/mol. The molecule has 1 amide bonds. The van der Waals surface area contributed by atoms with Gasteiger partial charge in [-0.25, -0.2) is 0 Å². The number of nitrogens with zero attached hydrogens (tertiary/aromatic N) is 2. The van der Waals surface area contributed by atoms with E-state index < -0.39 is 0 Å². The highest BCUT2D eigenvalue weighted by Crippen LogP contribution is 2.29. The van der Waals surface area contributed by atoms with E-state index in [1.807, 2.05) is 31.2 Å².